The van der Waals surface area contributed by atoms with Crippen LogP contribution in [0.1, 0.15) is 24.8 Å². The summed E-state index contributed by atoms with van der Waals surface area (Å²) in [6.45, 7) is 1.44. The lowest BCUT2D eigenvalue weighted by atomic mass is 10.2. The summed E-state index contributed by atoms with van der Waals surface area (Å²) in [5.74, 6) is 0.238. The highest BCUT2D eigenvalue weighted by atomic mass is 35.5. The Bertz CT molecular complexity index is 404. The molecule has 0 atom stereocenters. The van der Waals surface area contributed by atoms with Gasteiger partial charge in [-0.1, -0.05) is 23.7 Å². The van der Waals surface area contributed by atoms with Gasteiger partial charge >= 0.3 is 0 Å². The molecule has 1 N–H and O–H groups in total. The van der Waals surface area contributed by atoms with Gasteiger partial charge in [-0.15, -0.1) is 12.4 Å². The maximum atomic E-state index is 12.1. The van der Waals surface area contributed by atoms with Gasteiger partial charge in [0.1, 0.15) is 0 Å². The van der Waals surface area contributed by atoms with E-state index in [4.69, 9.17) is 11.6 Å². The molecule has 1 amide bonds. The second kappa shape index (κ2) is 7.73. The van der Waals surface area contributed by atoms with E-state index in [0.717, 1.165) is 30.0 Å². The van der Waals surface area contributed by atoms with Crippen LogP contribution in [-0.4, -0.2) is 30.4 Å². The van der Waals surface area contributed by atoms with Crippen LogP contribution < -0.4 is 5.32 Å². The highest BCUT2D eigenvalue weighted by Crippen LogP contribution is 2.29. The Hall–Kier alpha value is -0.770. The van der Waals surface area contributed by atoms with Gasteiger partial charge in [-0.2, -0.15) is 0 Å². The topological polar surface area (TPSA) is 32.3 Å². The third-order valence-electron chi connectivity index (χ3n) is 3.16. The normalized spacial score (nSPS) is 13.8. The zero-order valence-corrected chi connectivity index (χ0v) is 12.6. The highest BCUT2D eigenvalue weighted by molar-refractivity contribution is 6.30. The Balaban J connectivity index is 0.00000180. The third-order valence-corrected chi connectivity index (χ3v) is 3.42. The van der Waals surface area contributed by atoms with E-state index in [1.807, 2.05) is 36.2 Å². The molecule has 1 aliphatic carbocycles. The van der Waals surface area contributed by atoms with Crippen LogP contribution in [0.25, 0.3) is 0 Å². The van der Waals surface area contributed by atoms with E-state index >= 15 is 0 Å². The van der Waals surface area contributed by atoms with Crippen molar-refractivity contribution >= 4 is 29.9 Å². The zero-order valence-electron chi connectivity index (χ0n) is 11.1. The highest BCUT2D eigenvalue weighted by Gasteiger charge is 2.31. The molecule has 1 aromatic carbocycles. The molecule has 0 aromatic heterocycles. The predicted molar refractivity (Wildman–Crippen MR) is 80.8 cm³/mol. The zero-order chi connectivity index (χ0) is 13.0. The van der Waals surface area contributed by atoms with E-state index in [-0.39, 0.29) is 18.3 Å². The molecule has 19 heavy (non-hydrogen) atoms. The van der Waals surface area contributed by atoms with Crippen molar-refractivity contribution in [2.45, 2.75) is 31.8 Å². The monoisotopic (exact) mass is 302 g/mol. The number of carbonyl (C=O) groups excluding carboxylic acids is 1. The Morgan fingerprint density at radius 1 is 1.37 bits per heavy atom. The van der Waals surface area contributed by atoms with Crippen LogP contribution in [0.4, 0.5) is 0 Å². The molecule has 0 radical (unpaired) electrons. The van der Waals surface area contributed by atoms with Crippen LogP contribution in [0.15, 0.2) is 24.3 Å². The summed E-state index contributed by atoms with van der Waals surface area (Å²) in [5, 5.41) is 3.75. The van der Waals surface area contributed by atoms with E-state index in [1.54, 1.807) is 0 Å². The maximum Gasteiger partial charge on any atom is 0.224 e. The minimum atomic E-state index is 0. The molecule has 3 nitrogen and oxygen atoms in total. The molecule has 5 heteroatoms. The molecule has 0 heterocycles. The fourth-order valence-corrected chi connectivity index (χ4v) is 2.10. The molecule has 0 aliphatic heterocycles. The Morgan fingerprint density at radius 2 is 2.00 bits per heavy atom. The number of benzene rings is 1. The van der Waals surface area contributed by atoms with Gasteiger partial charge < -0.3 is 10.2 Å². The summed E-state index contributed by atoms with van der Waals surface area (Å²) < 4.78 is 0. The number of hydrogen-bond acceptors (Lipinski definition) is 2. The van der Waals surface area contributed by atoms with Gasteiger partial charge in [0.05, 0.1) is 0 Å². The molecule has 0 unspecified atom stereocenters. The standard InChI is InChI=1S/C14H19ClN2O.ClH/c1-16-9-8-14(18)17(13-6-7-13)10-11-2-4-12(15)5-3-11;/h2-5,13,16H,6-10H2,1H3;1H. The first-order valence-corrected chi connectivity index (χ1v) is 6.77. The van der Waals surface area contributed by atoms with Crippen molar-refractivity contribution in [2.24, 2.45) is 0 Å². The van der Waals surface area contributed by atoms with Gasteiger partial charge in [0, 0.05) is 30.6 Å². The number of hydrogen-bond donors (Lipinski definition) is 1. The average molecular weight is 303 g/mol. The van der Waals surface area contributed by atoms with E-state index < -0.39 is 0 Å². The predicted octanol–water partition coefficient (Wildman–Crippen LogP) is 2.86. The molecule has 1 saturated carbocycles. The van der Waals surface area contributed by atoms with E-state index in [1.165, 1.54) is 0 Å². The van der Waals surface area contributed by atoms with E-state index in [9.17, 15) is 4.79 Å². The number of nitrogens with one attached hydrogen (secondary N) is 1. The van der Waals surface area contributed by atoms with Crippen molar-refractivity contribution in [2.75, 3.05) is 13.6 Å². The first-order chi connectivity index (χ1) is 8.70. The van der Waals surface area contributed by atoms with Crippen molar-refractivity contribution in [3.8, 4) is 0 Å². The second-order valence-electron chi connectivity index (χ2n) is 4.73. The summed E-state index contributed by atoms with van der Waals surface area (Å²) in [5.41, 5.74) is 1.14. The van der Waals surface area contributed by atoms with Crippen molar-refractivity contribution in [3.63, 3.8) is 0 Å². The third kappa shape index (κ3) is 5.01. The number of carbonyl (C=O) groups is 1. The largest absolute Gasteiger partial charge is 0.335 e. The van der Waals surface area contributed by atoms with Crippen molar-refractivity contribution < 1.29 is 4.79 Å². The van der Waals surface area contributed by atoms with E-state index in [2.05, 4.69) is 5.32 Å². The van der Waals surface area contributed by atoms with Gasteiger partial charge in [-0.05, 0) is 37.6 Å². The fraction of sp³-hybridized carbons (Fsp3) is 0.500. The quantitative estimate of drug-likeness (QED) is 0.876. The number of halogens is 2. The fourth-order valence-electron chi connectivity index (χ4n) is 1.97. The number of amides is 1. The maximum absolute atomic E-state index is 12.1. The van der Waals surface area contributed by atoms with E-state index in [0.29, 0.717) is 19.0 Å². The molecule has 0 bridgehead atoms. The number of nitrogens with zero attached hydrogens (tertiary/aromatic N) is 1. The molecular formula is C14H20Cl2N2O. The first-order valence-electron chi connectivity index (χ1n) is 6.39. The summed E-state index contributed by atoms with van der Waals surface area (Å²) in [6.07, 6.45) is 2.85. The van der Waals surface area contributed by atoms with Crippen LogP contribution >= 0.6 is 24.0 Å². The molecule has 1 aliphatic rings. The van der Waals surface area contributed by atoms with Gasteiger partial charge in [-0.3, -0.25) is 4.79 Å². The van der Waals surface area contributed by atoms with Crippen LogP contribution in [-0.2, 0) is 11.3 Å². The molecule has 0 spiro atoms. The molecular weight excluding hydrogens is 283 g/mol. The van der Waals surface area contributed by atoms with Crippen LogP contribution in [0.5, 0.6) is 0 Å². The molecule has 2 rings (SSSR count). The lowest BCUT2D eigenvalue weighted by molar-refractivity contribution is -0.132. The molecule has 1 fully saturated rings. The summed E-state index contributed by atoms with van der Waals surface area (Å²) in [4.78, 5) is 14.1. The first kappa shape index (κ1) is 16.3. The van der Waals surface area contributed by atoms with Crippen molar-refractivity contribution in [3.05, 3.63) is 34.9 Å². The Labute approximate surface area is 125 Å². The van der Waals surface area contributed by atoms with Gasteiger partial charge in [0.2, 0.25) is 5.91 Å². The lowest BCUT2D eigenvalue weighted by Crippen LogP contribution is -2.34. The summed E-state index contributed by atoms with van der Waals surface area (Å²) in [7, 11) is 1.87. The molecule has 1 aromatic rings. The lowest BCUT2D eigenvalue weighted by Gasteiger charge is -2.22. The Kier molecular flexibility index (Phi) is 6.63. The van der Waals surface area contributed by atoms with Gasteiger partial charge in [-0.25, -0.2) is 0 Å². The SMILES string of the molecule is CNCCC(=O)N(Cc1ccc(Cl)cc1)C1CC1.Cl. The van der Waals surface area contributed by atoms with Crippen molar-refractivity contribution in [1.29, 1.82) is 0 Å². The molecule has 106 valence electrons. The van der Waals surface area contributed by atoms with Crippen LogP contribution in [0.3, 0.4) is 0 Å². The van der Waals surface area contributed by atoms with Crippen molar-refractivity contribution in [1.82, 2.24) is 10.2 Å². The number of rotatable bonds is 6. The van der Waals surface area contributed by atoms with Gasteiger partial charge in [0.15, 0.2) is 0 Å². The second-order valence-corrected chi connectivity index (χ2v) is 5.17. The van der Waals surface area contributed by atoms with Gasteiger partial charge in [0.25, 0.3) is 0 Å². The van der Waals surface area contributed by atoms with Crippen LogP contribution in [0.2, 0.25) is 5.02 Å². The smallest absolute Gasteiger partial charge is 0.224 e. The average Bonchev–Trinajstić information content (AvgIpc) is 3.19. The summed E-state index contributed by atoms with van der Waals surface area (Å²) in [6, 6.07) is 8.18. The molecule has 0 saturated heterocycles. The van der Waals surface area contributed by atoms with Crippen LogP contribution in [0, 0.1) is 0 Å². The minimum absolute atomic E-state index is 0. The summed E-state index contributed by atoms with van der Waals surface area (Å²) >= 11 is 5.87. The Morgan fingerprint density at radius 3 is 2.53 bits per heavy atom. The minimum Gasteiger partial charge on any atom is -0.335 e.